The van der Waals surface area contributed by atoms with Crippen LogP contribution in [0.15, 0.2) is 21.3 Å². The van der Waals surface area contributed by atoms with Crippen molar-refractivity contribution < 1.29 is 9.15 Å². The van der Waals surface area contributed by atoms with E-state index in [2.05, 4.69) is 13.0 Å². The molecule has 3 heteroatoms. The summed E-state index contributed by atoms with van der Waals surface area (Å²) in [6, 6.07) is 4.25. The van der Waals surface area contributed by atoms with E-state index in [1.165, 1.54) is 36.8 Å². The summed E-state index contributed by atoms with van der Waals surface area (Å²) in [6.45, 7) is 2.34. The van der Waals surface area contributed by atoms with Gasteiger partial charge in [-0.3, -0.25) is 0 Å². The highest BCUT2D eigenvalue weighted by molar-refractivity contribution is 5.84. The molecule has 0 saturated heterocycles. The quantitative estimate of drug-likeness (QED) is 0.638. The second-order valence-corrected chi connectivity index (χ2v) is 8.32. The molecule has 25 heavy (non-hydrogen) atoms. The Hall–Kier alpha value is -1.77. The van der Waals surface area contributed by atoms with Gasteiger partial charge in [0.15, 0.2) is 0 Å². The van der Waals surface area contributed by atoms with Crippen LogP contribution in [0.4, 0.5) is 0 Å². The summed E-state index contributed by atoms with van der Waals surface area (Å²) in [5.41, 5.74) is 3.99. The Morgan fingerprint density at radius 2 is 1.84 bits per heavy atom. The van der Waals surface area contributed by atoms with Crippen molar-refractivity contribution in [3.8, 4) is 5.75 Å². The van der Waals surface area contributed by atoms with E-state index in [1.807, 2.05) is 6.07 Å². The van der Waals surface area contributed by atoms with Crippen molar-refractivity contribution in [3.63, 3.8) is 0 Å². The highest BCUT2D eigenvalue weighted by atomic mass is 16.5. The van der Waals surface area contributed by atoms with Crippen LogP contribution in [-0.2, 0) is 19.3 Å². The molecule has 0 N–H and O–H groups in total. The lowest BCUT2D eigenvalue weighted by Gasteiger charge is -2.46. The Morgan fingerprint density at radius 3 is 2.68 bits per heavy atom. The van der Waals surface area contributed by atoms with Crippen molar-refractivity contribution >= 4 is 11.0 Å². The number of ether oxygens (including phenoxy) is 1. The Labute approximate surface area is 148 Å². The number of fused-ring (bicyclic) bond motifs is 4. The topological polar surface area (TPSA) is 39.4 Å². The second kappa shape index (κ2) is 5.62. The highest BCUT2D eigenvalue weighted by Gasteiger charge is 2.42. The fourth-order valence-electron chi connectivity index (χ4n) is 5.33. The first-order valence-corrected chi connectivity index (χ1v) is 9.97. The van der Waals surface area contributed by atoms with Crippen molar-refractivity contribution in [2.24, 2.45) is 5.92 Å². The maximum atomic E-state index is 12.4. The van der Waals surface area contributed by atoms with Gasteiger partial charge in [0.25, 0.3) is 0 Å². The van der Waals surface area contributed by atoms with Crippen molar-refractivity contribution in [1.29, 1.82) is 0 Å². The van der Waals surface area contributed by atoms with E-state index in [9.17, 15) is 4.79 Å². The lowest BCUT2D eigenvalue weighted by molar-refractivity contribution is -0.0331. The molecule has 2 aromatic rings. The fraction of sp³-hybridized carbons (Fsp3) is 0.591. The van der Waals surface area contributed by atoms with Gasteiger partial charge in [-0.1, -0.05) is 13.3 Å². The van der Waals surface area contributed by atoms with Crippen molar-refractivity contribution in [3.05, 3.63) is 39.2 Å². The van der Waals surface area contributed by atoms with Gasteiger partial charge in [0.05, 0.1) is 0 Å². The van der Waals surface area contributed by atoms with Gasteiger partial charge in [0, 0.05) is 17.0 Å². The molecule has 1 fully saturated rings. The molecule has 0 bridgehead atoms. The maximum Gasteiger partial charge on any atom is 0.339 e. The van der Waals surface area contributed by atoms with Crippen molar-refractivity contribution in [1.82, 2.24) is 0 Å². The molecule has 2 atom stereocenters. The predicted molar refractivity (Wildman–Crippen MR) is 98.4 cm³/mol. The Bertz CT molecular complexity index is 894. The number of hydrogen-bond acceptors (Lipinski definition) is 3. The molecule has 1 aromatic heterocycles. The third-order valence-electron chi connectivity index (χ3n) is 6.92. The van der Waals surface area contributed by atoms with Crippen LogP contribution in [-0.4, -0.2) is 5.60 Å². The molecular weight excluding hydrogens is 312 g/mol. The number of aryl methyl sites for hydroxylation is 2. The number of benzene rings is 1. The minimum atomic E-state index is -0.140. The summed E-state index contributed by atoms with van der Waals surface area (Å²) in [5, 5.41) is 1.14. The molecule has 2 aliphatic carbocycles. The number of rotatable bonds is 0. The third-order valence-corrected chi connectivity index (χ3v) is 6.92. The Kier molecular flexibility index (Phi) is 3.48. The van der Waals surface area contributed by atoms with Crippen LogP contribution in [0.2, 0.25) is 0 Å². The fourth-order valence-corrected chi connectivity index (χ4v) is 5.33. The van der Waals surface area contributed by atoms with Crippen molar-refractivity contribution in [2.45, 2.75) is 76.7 Å². The lowest BCUT2D eigenvalue weighted by Crippen LogP contribution is -2.47. The van der Waals surface area contributed by atoms with Crippen LogP contribution in [0.5, 0.6) is 5.75 Å². The molecule has 1 saturated carbocycles. The maximum absolute atomic E-state index is 12.4. The smallest absolute Gasteiger partial charge is 0.339 e. The van der Waals surface area contributed by atoms with Crippen LogP contribution in [0.1, 0.15) is 68.6 Å². The SMILES string of the molecule is C[C@H]1CCCC[C@]12CCc1cc3c4c(c(=O)oc3cc1O2)CCCC4. The van der Waals surface area contributed by atoms with Crippen LogP contribution < -0.4 is 10.4 Å². The molecule has 1 aliphatic heterocycles. The van der Waals surface area contributed by atoms with Crippen LogP contribution in [0, 0.1) is 5.92 Å². The van der Waals surface area contributed by atoms with E-state index in [4.69, 9.17) is 9.15 Å². The molecule has 3 aliphatic rings. The molecule has 0 amide bonds. The predicted octanol–water partition coefficient (Wildman–Crippen LogP) is 4.95. The van der Waals surface area contributed by atoms with Crippen LogP contribution >= 0.6 is 0 Å². The second-order valence-electron chi connectivity index (χ2n) is 8.32. The first kappa shape index (κ1) is 15.5. The number of hydrogen-bond donors (Lipinski definition) is 0. The molecule has 1 spiro atoms. The molecule has 3 nitrogen and oxygen atoms in total. The summed E-state index contributed by atoms with van der Waals surface area (Å²) in [7, 11) is 0. The van der Waals surface area contributed by atoms with Crippen LogP contribution in [0.25, 0.3) is 11.0 Å². The largest absolute Gasteiger partial charge is 0.487 e. The molecule has 1 aromatic carbocycles. The zero-order valence-electron chi connectivity index (χ0n) is 15.0. The molecule has 5 rings (SSSR count). The van der Waals surface area contributed by atoms with Gasteiger partial charge < -0.3 is 9.15 Å². The molecule has 132 valence electrons. The van der Waals surface area contributed by atoms with E-state index in [0.29, 0.717) is 11.5 Å². The zero-order valence-corrected chi connectivity index (χ0v) is 15.0. The van der Waals surface area contributed by atoms with Gasteiger partial charge in [0.2, 0.25) is 0 Å². The minimum absolute atomic E-state index is 0.00652. The lowest BCUT2D eigenvalue weighted by atomic mass is 9.72. The highest BCUT2D eigenvalue weighted by Crippen LogP contribution is 2.46. The molecule has 2 heterocycles. The van der Waals surface area contributed by atoms with E-state index < -0.39 is 0 Å². The summed E-state index contributed by atoms with van der Waals surface area (Å²) in [4.78, 5) is 12.4. The minimum Gasteiger partial charge on any atom is -0.487 e. The average Bonchev–Trinajstić information content (AvgIpc) is 2.63. The summed E-state index contributed by atoms with van der Waals surface area (Å²) >= 11 is 0. The molecule has 0 radical (unpaired) electrons. The molecule has 0 unspecified atom stereocenters. The standard InChI is InChI=1S/C22H26O3/c1-14-6-4-5-10-22(14)11-9-15-12-18-16-7-2-3-8-17(16)21(23)24-20(18)13-19(15)25-22/h12-14H,2-11H2,1H3/t14-,22-/m0/s1. The van der Waals surface area contributed by atoms with Gasteiger partial charge >= 0.3 is 5.63 Å². The van der Waals surface area contributed by atoms with Gasteiger partial charge in [-0.25, -0.2) is 4.79 Å². The first-order valence-electron chi connectivity index (χ1n) is 9.97. The van der Waals surface area contributed by atoms with E-state index in [1.54, 1.807) is 0 Å². The monoisotopic (exact) mass is 338 g/mol. The first-order chi connectivity index (χ1) is 12.2. The molecular formula is C22H26O3. The Morgan fingerprint density at radius 1 is 1.00 bits per heavy atom. The van der Waals surface area contributed by atoms with Crippen molar-refractivity contribution in [2.75, 3.05) is 0 Å². The Balaban J connectivity index is 1.63. The average molecular weight is 338 g/mol. The van der Waals surface area contributed by atoms with E-state index >= 15 is 0 Å². The summed E-state index contributed by atoms with van der Waals surface area (Å²) in [5.74, 6) is 1.55. The third kappa shape index (κ3) is 2.35. The van der Waals surface area contributed by atoms with E-state index in [0.717, 1.165) is 55.2 Å². The van der Waals surface area contributed by atoms with Gasteiger partial charge in [0.1, 0.15) is 16.9 Å². The van der Waals surface area contributed by atoms with Gasteiger partial charge in [-0.15, -0.1) is 0 Å². The summed E-state index contributed by atoms with van der Waals surface area (Å²) in [6.07, 6.45) is 11.3. The van der Waals surface area contributed by atoms with Gasteiger partial charge in [-0.2, -0.15) is 0 Å². The zero-order chi connectivity index (χ0) is 17.0. The van der Waals surface area contributed by atoms with Crippen LogP contribution in [0.3, 0.4) is 0 Å². The normalized spacial score (nSPS) is 28.4. The summed E-state index contributed by atoms with van der Waals surface area (Å²) < 4.78 is 12.3. The van der Waals surface area contributed by atoms with E-state index in [-0.39, 0.29) is 11.2 Å². The van der Waals surface area contributed by atoms with Gasteiger partial charge in [-0.05, 0) is 80.9 Å².